The van der Waals surface area contributed by atoms with Crippen LogP contribution in [0.3, 0.4) is 0 Å². The highest BCUT2D eigenvalue weighted by atomic mass is 32.1. The van der Waals surface area contributed by atoms with E-state index < -0.39 is 11.7 Å². The molecule has 0 spiro atoms. The predicted octanol–water partition coefficient (Wildman–Crippen LogP) is 5.30. The number of hydrogen-bond acceptors (Lipinski definition) is 5. The van der Waals surface area contributed by atoms with Gasteiger partial charge in [-0.15, -0.1) is 11.3 Å². The number of ether oxygens (including phenoxy) is 2. The van der Waals surface area contributed by atoms with Crippen molar-refractivity contribution in [2.75, 3.05) is 40.0 Å². The summed E-state index contributed by atoms with van der Waals surface area (Å²) in [6, 6.07) is 15.3. The molecular weight excluding hydrogens is 491 g/mol. The molecule has 2 amide bonds. The van der Waals surface area contributed by atoms with Gasteiger partial charge in [-0.2, -0.15) is 0 Å². The van der Waals surface area contributed by atoms with Crippen molar-refractivity contribution in [3.8, 4) is 5.75 Å². The van der Waals surface area contributed by atoms with Crippen LogP contribution in [0.15, 0.2) is 60.0 Å². The van der Waals surface area contributed by atoms with Crippen LogP contribution in [0.1, 0.15) is 52.2 Å². The summed E-state index contributed by atoms with van der Waals surface area (Å²) < 4.78 is 25.1. The third-order valence-corrected chi connectivity index (χ3v) is 7.62. The van der Waals surface area contributed by atoms with Gasteiger partial charge in [-0.3, -0.25) is 9.59 Å². The van der Waals surface area contributed by atoms with Gasteiger partial charge in [-0.25, -0.2) is 4.39 Å². The number of fused-ring (bicyclic) bond motifs is 1. The molecule has 0 N–H and O–H groups in total. The number of rotatable bonds is 10. The Morgan fingerprint density at radius 1 is 1.16 bits per heavy atom. The Balaban J connectivity index is 1.51. The van der Waals surface area contributed by atoms with E-state index in [9.17, 15) is 14.0 Å². The topological polar surface area (TPSA) is 59.1 Å². The minimum atomic E-state index is -0.497. The van der Waals surface area contributed by atoms with Crippen molar-refractivity contribution < 1.29 is 23.5 Å². The van der Waals surface area contributed by atoms with E-state index in [0.717, 1.165) is 17.7 Å². The largest absolute Gasteiger partial charge is 0.491 e. The van der Waals surface area contributed by atoms with Gasteiger partial charge in [0.05, 0.1) is 12.6 Å². The maximum Gasteiger partial charge on any atom is 0.254 e. The molecule has 6 nitrogen and oxygen atoms in total. The number of benzene rings is 2. The minimum Gasteiger partial charge on any atom is -0.491 e. The molecule has 0 aliphatic carbocycles. The highest BCUT2D eigenvalue weighted by Crippen LogP contribution is 2.34. The van der Waals surface area contributed by atoms with Crippen molar-refractivity contribution in [2.24, 2.45) is 0 Å². The number of halogens is 1. The molecule has 0 saturated heterocycles. The summed E-state index contributed by atoms with van der Waals surface area (Å²) in [5.41, 5.74) is 2.52. The number of nitrogens with zero attached hydrogens (tertiary/aromatic N) is 2. The van der Waals surface area contributed by atoms with Crippen LogP contribution in [0.4, 0.5) is 4.39 Å². The SMILES string of the molecule is COCCN(CC(=O)N1CCc2sccc2[C@H]1COc1ccc(C(C)C)cc1)C(=O)c1cccc(F)c1. The fourth-order valence-electron chi connectivity index (χ4n) is 4.51. The van der Waals surface area contributed by atoms with Crippen LogP contribution in [0.2, 0.25) is 0 Å². The lowest BCUT2D eigenvalue weighted by Gasteiger charge is -2.37. The summed E-state index contributed by atoms with van der Waals surface area (Å²) in [5, 5.41) is 2.04. The number of amides is 2. The Morgan fingerprint density at radius 2 is 1.95 bits per heavy atom. The molecule has 1 aromatic heterocycles. The maximum absolute atomic E-state index is 13.8. The molecule has 1 atom stereocenters. The normalized spacial score (nSPS) is 14.9. The van der Waals surface area contributed by atoms with Crippen molar-refractivity contribution in [3.63, 3.8) is 0 Å². The van der Waals surface area contributed by atoms with Crippen LogP contribution >= 0.6 is 11.3 Å². The molecule has 0 bridgehead atoms. The third-order valence-electron chi connectivity index (χ3n) is 6.62. The summed E-state index contributed by atoms with van der Waals surface area (Å²) in [6.07, 6.45) is 0.758. The predicted molar refractivity (Wildman–Crippen MR) is 143 cm³/mol. The number of carbonyl (C=O) groups excluding carboxylic acids is 2. The van der Waals surface area contributed by atoms with Crippen LogP contribution in [0, 0.1) is 5.82 Å². The zero-order valence-electron chi connectivity index (χ0n) is 21.5. The first-order valence-corrected chi connectivity index (χ1v) is 13.4. The Morgan fingerprint density at radius 3 is 2.65 bits per heavy atom. The second-order valence-corrected chi connectivity index (χ2v) is 10.4. The van der Waals surface area contributed by atoms with Gasteiger partial charge in [0.2, 0.25) is 5.91 Å². The average molecular weight is 525 g/mol. The quantitative estimate of drug-likeness (QED) is 0.361. The molecule has 0 radical (unpaired) electrons. The summed E-state index contributed by atoms with van der Waals surface area (Å²) in [7, 11) is 1.54. The molecule has 2 aromatic carbocycles. The summed E-state index contributed by atoms with van der Waals surface area (Å²) in [5.74, 6) is 0.105. The molecule has 4 rings (SSSR count). The van der Waals surface area contributed by atoms with Crippen molar-refractivity contribution in [1.82, 2.24) is 9.80 Å². The van der Waals surface area contributed by atoms with E-state index in [1.165, 1.54) is 40.6 Å². The monoisotopic (exact) mass is 524 g/mol. The highest BCUT2D eigenvalue weighted by Gasteiger charge is 2.33. The molecule has 37 heavy (non-hydrogen) atoms. The molecular formula is C29H33FN2O4S. The Kier molecular flexibility index (Phi) is 8.95. The lowest BCUT2D eigenvalue weighted by molar-refractivity contribution is -0.135. The summed E-state index contributed by atoms with van der Waals surface area (Å²) in [6.45, 7) is 5.51. The summed E-state index contributed by atoms with van der Waals surface area (Å²) in [4.78, 5) is 31.2. The standard InChI is InChI=1S/C29H33FN2O4S/c1-20(2)21-7-9-24(10-8-21)36-19-26-25-12-16-37-27(25)11-13-32(26)28(33)18-31(14-15-35-3)29(34)22-5-4-6-23(30)17-22/h4-10,12,16-17,20,26H,11,13-15,18-19H2,1-3H3/t26-/m1/s1. The van der Waals surface area contributed by atoms with E-state index in [2.05, 4.69) is 32.0 Å². The first-order valence-electron chi connectivity index (χ1n) is 12.5. The van der Waals surface area contributed by atoms with Gasteiger partial charge in [-0.05, 0) is 65.2 Å². The number of hydrogen-bond donors (Lipinski definition) is 0. The third kappa shape index (κ3) is 6.56. The fraction of sp³-hybridized carbons (Fsp3) is 0.379. The maximum atomic E-state index is 13.8. The number of methoxy groups -OCH3 is 1. The van der Waals surface area contributed by atoms with Gasteiger partial charge in [0.25, 0.3) is 5.91 Å². The molecule has 8 heteroatoms. The lowest BCUT2D eigenvalue weighted by atomic mass is 10.00. The van der Waals surface area contributed by atoms with Crippen LogP contribution in [-0.2, 0) is 16.0 Å². The Hall–Kier alpha value is -3.23. The van der Waals surface area contributed by atoms with Crippen molar-refractivity contribution in [3.05, 3.63) is 87.4 Å². The first kappa shape index (κ1) is 26.8. The molecule has 0 fully saturated rings. The van der Waals surface area contributed by atoms with E-state index in [1.807, 2.05) is 17.5 Å². The van der Waals surface area contributed by atoms with Gasteiger partial charge in [0.1, 0.15) is 24.7 Å². The van der Waals surface area contributed by atoms with Gasteiger partial charge in [-0.1, -0.05) is 32.0 Å². The molecule has 0 saturated carbocycles. The number of carbonyl (C=O) groups is 2. The highest BCUT2D eigenvalue weighted by molar-refractivity contribution is 7.10. The van der Waals surface area contributed by atoms with Crippen molar-refractivity contribution >= 4 is 23.2 Å². The zero-order valence-corrected chi connectivity index (χ0v) is 22.3. The van der Waals surface area contributed by atoms with E-state index >= 15 is 0 Å². The second-order valence-electron chi connectivity index (χ2n) is 9.42. The van der Waals surface area contributed by atoms with E-state index in [-0.39, 0.29) is 37.2 Å². The molecule has 2 heterocycles. The molecule has 1 aliphatic heterocycles. The van der Waals surface area contributed by atoms with E-state index in [1.54, 1.807) is 22.3 Å². The van der Waals surface area contributed by atoms with Crippen molar-refractivity contribution in [2.45, 2.75) is 32.2 Å². The van der Waals surface area contributed by atoms with Gasteiger partial charge in [0.15, 0.2) is 0 Å². The van der Waals surface area contributed by atoms with Crippen LogP contribution in [0.5, 0.6) is 5.75 Å². The Labute approximate surface area is 221 Å². The average Bonchev–Trinajstić information content (AvgIpc) is 3.38. The first-order chi connectivity index (χ1) is 17.9. The molecule has 0 unspecified atom stereocenters. The van der Waals surface area contributed by atoms with Gasteiger partial charge < -0.3 is 19.3 Å². The molecule has 1 aliphatic rings. The lowest BCUT2D eigenvalue weighted by Crippen LogP contribution is -2.48. The van der Waals surface area contributed by atoms with Gasteiger partial charge >= 0.3 is 0 Å². The summed E-state index contributed by atoms with van der Waals surface area (Å²) >= 11 is 1.69. The van der Waals surface area contributed by atoms with Crippen LogP contribution in [-0.4, -0.2) is 61.6 Å². The Bertz CT molecular complexity index is 1210. The second kappa shape index (κ2) is 12.3. The minimum absolute atomic E-state index is 0.127. The van der Waals surface area contributed by atoms with Crippen molar-refractivity contribution in [1.29, 1.82) is 0 Å². The fourth-order valence-corrected chi connectivity index (χ4v) is 5.44. The smallest absolute Gasteiger partial charge is 0.254 e. The van der Waals surface area contributed by atoms with Crippen LogP contribution < -0.4 is 4.74 Å². The van der Waals surface area contributed by atoms with E-state index in [0.29, 0.717) is 19.1 Å². The number of thiophene rings is 1. The molecule has 196 valence electrons. The zero-order chi connectivity index (χ0) is 26.4. The molecule has 3 aromatic rings. The van der Waals surface area contributed by atoms with E-state index in [4.69, 9.17) is 9.47 Å². The van der Waals surface area contributed by atoms with Gasteiger partial charge in [0, 0.05) is 30.6 Å². The van der Waals surface area contributed by atoms with Crippen LogP contribution in [0.25, 0.3) is 0 Å².